The molecule has 1 aromatic carbocycles. The number of aryl methyl sites for hydroxylation is 1. The van der Waals surface area contributed by atoms with E-state index in [1.54, 1.807) is 11.9 Å². The third-order valence-corrected chi connectivity index (χ3v) is 6.18. The van der Waals surface area contributed by atoms with Gasteiger partial charge in [0.1, 0.15) is 0 Å². The molecule has 3 aliphatic rings. The van der Waals surface area contributed by atoms with Crippen LogP contribution in [0, 0.1) is 0 Å². The van der Waals surface area contributed by atoms with Crippen molar-refractivity contribution in [3.63, 3.8) is 0 Å². The van der Waals surface area contributed by atoms with Crippen molar-refractivity contribution in [3.8, 4) is 0 Å². The highest BCUT2D eigenvalue weighted by atomic mass is 16.2. The number of imide groups is 1. The molecule has 8 nitrogen and oxygen atoms in total. The Bertz CT molecular complexity index is 897. The molecule has 8 heteroatoms. The lowest BCUT2D eigenvalue weighted by atomic mass is 10.1. The molecular weight excluding hydrogens is 392 g/mol. The fraction of sp³-hybridized carbons (Fsp3) is 0.522. The van der Waals surface area contributed by atoms with Crippen molar-refractivity contribution in [2.45, 2.75) is 38.4 Å². The average molecular weight is 425 g/mol. The van der Waals surface area contributed by atoms with E-state index in [0.717, 1.165) is 44.0 Å². The Hall–Kier alpha value is -2.87. The summed E-state index contributed by atoms with van der Waals surface area (Å²) in [7, 11) is 5.87. The van der Waals surface area contributed by atoms with E-state index in [1.165, 1.54) is 10.5 Å². The first kappa shape index (κ1) is 21.4. The molecule has 0 N–H and O–H groups in total. The Labute approximate surface area is 184 Å². The highest BCUT2D eigenvalue weighted by molar-refractivity contribution is 6.04. The summed E-state index contributed by atoms with van der Waals surface area (Å²) in [5.74, 6) is 0.629. The van der Waals surface area contributed by atoms with Crippen molar-refractivity contribution in [2.75, 3.05) is 40.8 Å². The van der Waals surface area contributed by atoms with Gasteiger partial charge in [-0.25, -0.2) is 9.79 Å². The van der Waals surface area contributed by atoms with E-state index in [4.69, 9.17) is 4.99 Å². The Kier molecular flexibility index (Phi) is 6.00. The van der Waals surface area contributed by atoms with Gasteiger partial charge in [-0.1, -0.05) is 30.3 Å². The fourth-order valence-electron chi connectivity index (χ4n) is 4.52. The van der Waals surface area contributed by atoms with Gasteiger partial charge in [0.15, 0.2) is 12.2 Å². The van der Waals surface area contributed by atoms with Crippen molar-refractivity contribution in [1.29, 1.82) is 0 Å². The maximum Gasteiger partial charge on any atom is 0.328 e. The second kappa shape index (κ2) is 8.70. The van der Waals surface area contributed by atoms with Gasteiger partial charge in [0.05, 0.1) is 0 Å². The predicted octanol–water partition coefficient (Wildman–Crippen LogP) is 2.01. The number of allylic oxidation sites excluding steroid dienone is 1. The van der Waals surface area contributed by atoms with Crippen LogP contribution in [0.2, 0.25) is 0 Å². The van der Waals surface area contributed by atoms with E-state index in [1.807, 2.05) is 36.2 Å². The van der Waals surface area contributed by atoms with Crippen molar-refractivity contribution in [2.24, 2.45) is 4.99 Å². The summed E-state index contributed by atoms with van der Waals surface area (Å²) in [6, 6.07) is 9.41. The molecule has 3 heterocycles. The van der Waals surface area contributed by atoms with Gasteiger partial charge in [-0.3, -0.25) is 9.69 Å². The normalized spacial score (nSPS) is 22.9. The molecule has 31 heavy (non-hydrogen) atoms. The first-order valence-electron chi connectivity index (χ1n) is 11.0. The first-order chi connectivity index (χ1) is 14.9. The minimum Gasteiger partial charge on any atom is -0.315 e. The molecule has 0 bridgehead atoms. The lowest BCUT2D eigenvalue weighted by Gasteiger charge is -2.40. The number of carbonyl (C=O) groups excluding carboxylic acids is 2. The maximum atomic E-state index is 13.4. The van der Waals surface area contributed by atoms with Gasteiger partial charge in [0.2, 0.25) is 5.96 Å². The molecular formula is C23H32N6O2. The van der Waals surface area contributed by atoms with Crippen molar-refractivity contribution >= 4 is 17.9 Å². The second-order valence-corrected chi connectivity index (χ2v) is 8.75. The van der Waals surface area contributed by atoms with E-state index in [-0.39, 0.29) is 11.9 Å². The molecule has 0 radical (unpaired) electrons. The number of guanidine groups is 1. The first-order valence-corrected chi connectivity index (χ1v) is 11.0. The van der Waals surface area contributed by atoms with Gasteiger partial charge >= 0.3 is 6.03 Å². The molecule has 0 aromatic heterocycles. The predicted molar refractivity (Wildman–Crippen MR) is 120 cm³/mol. The van der Waals surface area contributed by atoms with Crippen LogP contribution in [0.3, 0.4) is 0 Å². The Morgan fingerprint density at radius 1 is 1.03 bits per heavy atom. The summed E-state index contributed by atoms with van der Waals surface area (Å²) in [5.41, 5.74) is 2.29. The van der Waals surface area contributed by atoms with Crippen LogP contribution in [0.1, 0.15) is 25.3 Å². The van der Waals surface area contributed by atoms with E-state index in [0.29, 0.717) is 6.54 Å². The van der Waals surface area contributed by atoms with Gasteiger partial charge in [-0.15, -0.1) is 0 Å². The van der Waals surface area contributed by atoms with Crippen LogP contribution in [0.4, 0.5) is 4.79 Å². The number of carbonyl (C=O) groups is 2. The Morgan fingerprint density at radius 3 is 2.45 bits per heavy atom. The van der Waals surface area contributed by atoms with E-state index >= 15 is 0 Å². The van der Waals surface area contributed by atoms with Gasteiger partial charge in [0.25, 0.3) is 5.91 Å². The molecule has 1 aromatic rings. The SMILES string of the molecule is CC1=CN2C(=NC3C2C(=O)N(CCCc2ccccc2)C(=O)N3C)N1CCCN(C)C. The minimum absolute atomic E-state index is 0.154. The van der Waals surface area contributed by atoms with E-state index in [9.17, 15) is 9.59 Å². The number of nitrogens with zero attached hydrogens (tertiary/aromatic N) is 6. The Morgan fingerprint density at radius 2 is 1.74 bits per heavy atom. The molecule has 166 valence electrons. The van der Waals surface area contributed by atoms with Crippen molar-refractivity contribution in [1.82, 2.24) is 24.5 Å². The lowest BCUT2D eigenvalue weighted by Crippen LogP contribution is -2.64. The second-order valence-electron chi connectivity index (χ2n) is 8.75. The minimum atomic E-state index is -0.483. The summed E-state index contributed by atoms with van der Waals surface area (Å²) >= 11 is 0. The molecule has 4 rings (SSSR count). The fourth-order valence-corrected chi connectivity index (χ4v) is 4.52. The summed E-state index contributed by atoms with van der Waals surface area (Å²) in [4.78, 5) is 40.4. The van der Waals surface area contributed by atoms with Crippen molar-refractivity contribution in [3.05, 3.63) is 47.8 Å². The smallest absolute Gasteiger partial charge is 0.315 e. The molecule has 0 saturated carbocycles. The number of benzene rings is 1. The number of amides is 3. The molecule has 1 fully saturated rings. The molecule has 2 atom stereocenters. The van der Waals surface area contributed by atoms with Crippen LogP contribution in [0.5, 0.6) is 0 Å². The zero-order valence-corrected chi connectivity index (χ0v) is 18.9. The van der Waals surface area contributed by atoms with Crippen LogP contribution in [-0.2, 0) is 11.2 Å². The topological polar surface area (TPSA) is 62.7 Å². The van der Waals surface area contributed by atoms with Gasteiger partial charge in [-0.05, 0) is 52.4 Å². The highest BCUT2D eigenvalue weighted by Crippen LogP contribution is 2.34. The average Bonchev–Trinajstić information content (AvgIpc) is 3.25. The summed E-state index contributed by atoms with van der Waals surface area (Å²) in [6.07, 6.45) is 4.10. The number of likely N-dealkylation sites (N-methyl/N-ethyl adjacent to an activating group) is 1. The number of fused-ring (bicyclic) bond motifs is 3. The summed E-state index contributed by atoms with van der Waals surface area (Å²) < 4.78 is 0. The number of rotatable bonds is 8. The van der Waals surface area contributed by atoms with Crippen LogP contribution >= 0.6 is 0 Å². The molecule has 1 saturated heterocycles. The van der Waals surface area contributed by atoms with Crippen LogP contribution < -0.4 is 0 Å². The third-order valence-electron chi connectivity index (χ3n) is 6.18. The number of urea groups is 1. The lowest BCUT2D eigenvalue weighted by molar-refractivity contribution is -0.136. The largest absolute Gasteiger partial charge is 0.328 e. The van der Waals surface area contributed by atoms with Gasteiger partial charge in [-0.2, -0.15) is 0 Å². The number of hydrogen-bond acceptors (Lipinski definition) is 6. The zero-order valence-electron chi connectivity index (χ0n) is 18.9. The third kappa shape index (κ3) is 4.04. The molecule has 3 aliphatic heterocycles. The highest BCUT2D eigenvalue weighted by Gasteiger charge is 2.53. The molecule has 0 spiro atoms. The van der Waals surface area contributed by atoms with Crippen LogP contribution in [0.25, 0.3) is 0 Å². The molecule has 2 unspecified atom stereocenters. The van der Waals surface area contributed by atoms with Gasteiger partial charge in [0, 0.05) is 32.0 Å². The Balaban J connectivity index is 1.45. The maximum absolute atomic E-state index is 13.4. The van der Waals surface area contributed by atoms with E-state index in [2.05, 4.69) is 36.0 Å². The number of aliphatic imine (C=N–C) groups is 1. The monoisotopic (exact) mass is 424 g/mol. The van der Waals surface area contributed by atoms with Gasteiger partial charge < -0.3 is 19.6 Å². The van der Waals surface area contributed by atoms with Crippen LogP contribution in [0.15, 0.2) is 47.2 Å². The molecule has 3 amide bonds. The summed E-state index contributed by atoms with van der Waals surface area (Å²) in [6.45, 7) is 4.28. The standard InChI is InChI=1S/C23H32N6O2/c1-17-16-29-19-20(24-22(29)27(17)15-9-13-25(2)3)26(4)23(31)28(21(19)30)14-8-12-18-10-6-5-7-11-18/h5-7,10-11,16,19-20H,8-9,12-15H2,1-4H3. The molecule has 0 aliphatic carbocycles. The summed E-state index contributed by atoms with van der Waals surface area (Å²) in [5, 5.41) is 0. The van der Waals surface area contributed by atoms with E-state index < -0.39 is 12.2 Å². The van der Waals surface area contributed by atoms with Crippen molar-refractivity contribution < 1.29 is 9.59 Å². The number of hydrogen-bond donors (Lipinski definition) is 0. The van der Waals surface area contributed by atoms with Crippen LogP contribution in [-0.4, -0.2) is 95.4 Å². The quantitative estimate of drug-likeness (QED) is 0.639. The zero-order chi connectivity index (χ0) is 22.1.